The van der Waals surface area contributed by atoms with Gasteiger partial charge in [0.05, 0.1) is 7.11 Å². The summed E-state index contributed by atoms with van der Waals surface area (Å²) in [6.45, 7) is 2.67. The number of hydrogen-bond acceptors (Lipinski definition) is 4. The SMILES string of the molecule is COC(=O)C(C)N1CCc2c(N)cccc21. The van der Waals surface area contributed by atoms with Crippen molar-refractivity contribution < 1.29 is 9.53 Å². The van der Waals surface area contributed by atoms with Crippen LogP contribution in [0.2, 0.25) is 0 Å². The number of benzene rings is 1. The zero-order valence-electron chi connectivity index (χ0n) is 9.56. The van der Waals surface area contributed by atoms with Gasteiger partial charge in [-0.2, -0.15) is 0 Å². The molecule has 0 aromatic heterocycles. The summed E-state index contributed by atoms with van der Waals surface area (Å²) in [6, 6.07) is 5.55. The first kappa shape index (κ1) is 10.8. The number of carbonyl (C=O) groups excluding carboxylic acids is 1. The first-order valence-corrected chi connectivity index (χ1v) is 5.37. The molecular weight excluding hydrogens is 204 g/mol. The van der Waals surface area contributed by atoms with E-state index >= 15 is 0 Å². The van der Waals surface area contributed by atoms with Crippen LogP contribution in [0.15, 0.2) is 18.2 Å². The molecule has 1 aliphatic rings. The molecule has 1 unspecified atom stereocenters. The maximum atomic E-state index is 11.5. The summed E-state index contributed by atoms with van der Waals surface area (Å²) < 4.78 is 4.76. The Morgan fingerprint density at radius 1 is 1.56 bits per heavy atom. The molecule has 1 aliphatic heterocycles. The number of anilines is 2. The predicted octanol–water partition coefficient (Wildman–Crippen LogP) is 1.19. The summed E-state index contributed by atoms with van der Waals surface area (Å²) in [4.78, 5) is 13.5. The summed E-state index contributed by atoms with van der Waals surface area (Å²) in [5.41, 5.74) is 8.89. The number of nitrogens with zero attached hydrogens (tertiary/aromatic N) is 1. The van der Waals surface area contributed by atoms with Crippen LogP contribution >= 0.6 is 0 Å². The lowest BCUT2D eigenvalue weighted by Crippen LogP contribution is -2.38. The van der Waals surface area contributed by atoms with Crippen LogP contribution in [0.4, 0.5) is 11.4 Å². The largest absolute Gasteiger partial charge is 0.467 e. The highest BCUT2D eigenvalue weighted by Gasteiger charge is 2.28. The minimum absolute atomic E-state index is 0.213. The molecule has 1 aromatic carbocycles. The van der Waals surface area contributed by atoms with Gasteiger partial charge < -0.3 is 15.4 Å². The van der Waals surface area contributed by atoms with Crippen molar-refractivity contribution in [3.63, 3.8) is 0 Å². The number of ether oxygens (including phenoxy) is 1. The van der Waals surface area contributed by atoms with E-state index < -0.39 is 0 Å². The number of esters is 1. The molecule has 0 spiro atoms. The molecule has 2 N–H and O–H groups in total. The minimum Gasteiger partial charge on any atom is -0.467 e. The highest BCUT2D eigenvalue weighted by molar-refractivity contribution is 5.82. The van der Waals surface area contributed by atoms with Gasteiger partial charge >= 0.3 is 5.97 Å². The van der Waals surface area contributed by atoms with Crippen LogP contribution in [0.3, 0.4) is 0 Å². The maximum absolute atomic E-state index is 11.5. The fourth-order valence-corrected chi connectivity index (χ4v) is 2.19. The number of hydrogen-bond donors (Lipinski definition) is 1. The first-order chi connectivity index (χ1) is 7.65. The molecule has 0 fully saturated rings. The quantitative estimate of drug-likeness (QED) is 0.601. The molecule has 0 bridgehead atoms. The van der Waals surface area contributed by atoms with Crippen molar-refractivity contribution in [1.82, 2.24) is 0 Å². The highest BCUT2D eigenvalue weighted by atomic mass is 16.5. The maximum Gasteiger partial charge on any atom is 0.328 e. The number of carbonyl (C=O) groups is 1. The highest BCUT2D eigenvalue weighted by Crippen LogP contribution is 2.33. The lowest BCUT2D eigenvalue weighted by molar-refractivity contribution is -0.141. The molecule has 0 radical (unpaired) electrons. The van der Waals surface area contributed by atoms with E-state index in [2.05, 4.69) is 0 Å². The predicted molar refractivity (Wildman–Crippen MR) is 63.4 cm³/mol. The second-order valence-electron chi connectivity index (χ2n) is 3.99. The van der Waals surface area contributed by atoms with Crippen molar-refractivity contribution in [1.29, 1.82) is 0 Å². The number of rotatable bonds is 2. The topological polar surface area (TPSA) is 55.6 Å². The van der Waals surface area contributed by atoms with Gasteiger partial charge in [0.1, 0.15) is 6.04 Å². The molecule has 4 heteroatoms. The summed E-state index contributed by atoms with van der Waals surface area (Å²) in [5.74, 6) is -0.213. The van der Waals surface area contributed by atoms with E-state index in [-0.39, 0.29) is 12.0 Å². The first-order valence-electron chi connectivity index (χ1n) is 5.37. The van der Waals surface area contributed by atoms with Crippen molar-refractivity contribution in [2.45, 2.75) is 19.4 Å². The molecule has 1 heterocycles. The Balaban J connectivity index is 2.30. The van der Waals surface area contributed by atoms with E-state index in [0.29, 0.717) is 0 Å². The number of fused-ring (bicyclic) bond motifs is 1. The molecule has 16 heavy (non-hydrogen) atoms. The van der Waals surface area contributed by atoms with Crippen molar-refractivity contribution >= 4 is 17.3 Å². The van der Waals surface area contributed by atoms with Gasteiger partial charge in [-0.3, -0.25) is 0 Å². The molecule has 0 saturated heterocycles. The van der Waals surface area contributed by atoms with Gasteiger partial charge in [0.15, 0.2) is 0 Å². The van der Waals surface area contributed by atoms with E-state index in [1.54, 1.807) is 0 Å². The van der Waals surface area contributed by atoms with Gasteiger partial charge in [-0.25, -0.2) is 4.79 Å². The summed E-state index contributed by atoms with van der Waals surface area (Å²) in [5, 5.41) is 0. The Morgan fingerprint density at radius 3 is 3.00 bits per heavy atom. The normalized spacial score (nSPS) is 15.8. The number of nitrogen functional groups attached to an aromatic ring is 1. The number of nitrogens with two attached hydrogens (primary N) is 1. The summed E-state index contributed by atoms with van der Waals surface area (Å²) >= 11 is 0. The monoisotopic (exact) mass is 220 g/mol. The third-order valence-corrected chi connectivity index (χ3v) is 3.11. The van der Waals surface area contributed by atoms with Gasteiger partial charge in [-0.15, -0.1) is 0 Å². The fraction of sp³-hybridized carbons (Fsp3) is 0.417. The van der Waals surface area contributed by atoms with Crippen LogP contribution in [-0.4, -0.2) is 25.7 Å². The lowest BCUT2D eigenvalue weighted by atomic mass is 10.1. The van der Waals surface area contributed by atoms with Crippen molar-refractivity contribution in [3.05, 3.63) is 23.8 Å². The number of methoxy groups -OCH3 is 1. The van der Waals surface area contributed by atoms with Gasteiger partial charge in [0.2, 0.25) is 0 Å². The Kier molecular flexibility index (Phi) is 2.73. The van der Waals surface area contributed by atoms with E-state index in [4.69, 9.17) is 10.5 Å². The van der Waals surface area contributed by atoms with Crippen molar-refractivity contribution in [2.24, 2.45) is 0 Å². The molecule has 1 atom stereocenters. The Morgan fingerprint density at radius 2 is 2.31 bits per heavy atom. The average Bonchev–Trinajstić information content (AvgIpc) is 2.72. The van der Waals surface area contributed by atoms with Gasteiger partial charge in [0, 0.05) is 23.5 Å². The molecule has 4 nitrogen and oxygen atoms in total. The second-order valence-corrected chi connectivity index (χ2v) is 3.99. The molecule has 2 rings (SSSR count). The van der Waals surface area contributed by atoms with Crippen LogP contribution in [-0.2, 0) is 16.0 Å². The van der Waals surface area contributed by atoms with Gasteiger partial charge in [0.25, 0.3) is 0 Å². The van der Waals surface area contributed by atoms with Crippen LogP contribution in [0.1, 0.15) is 12.5 Å². The van der Waals surface area contributed by atoms with Crippen molar-refractivity contribution in [3.8, 4) is 0 Å². The second kappa shape index (κ2) is 4.04. The molecular formula is C12H16N2O2. The minimum atomic E-state index is -0.256. The third-order valence-electron chi connectivity index (χ3n) is 3.11. The molecule has 0 amide bonds. The van der Waals surface area contributed by atoms with E-state index in [0.717, 1.165) is 29.9 Å². The smallest absolute Gasteiger partial charge is 0.328 e. The third kappa shape index (κ3) is 1.60. The van der Waals surface area contributed by atoms with Crippen LogP contribution in [0, 0.1) is 0 Å². The van der Waals surface area contributed by atoms with Gasteiger partial charge in [-0.05, 0) is 25.5 Å². The Hall–Kier alpha value is -1.71. The molecule has 1 aromatic rings. The lowest BCUT2D eigenvalue weighted by Gasteiger charge is -2.25. The summed E-state index contributed by atoms with van der Waals surface area (Å²) in [7, 11) is 1.41. The fourth-order valence-electron chi connectivity index (χ4n) is 2.19. The van der Waals surface area contributed by atoms with Crippen LogP contribution in [0.25, 0.3) is 0 Å². The molecule has 86 valence electrons. The zero-order valence-corrected chi connectivity index (χ0v) is 9.56. The Bertz CT molecular complexity index is 417. The summed E-state index contributed by atoms with van der Waals surface area (Å²) in [6.07, 6.45) is 0.892. The Labute approximate surface area is 95.0 Å². The van der Waals surface area contributed by atoms with E-state index in [1.807, 2.05) is 30.0 Å². The zero-order chi connectivity index (χ0) is 11.7. The average molecular weight is 220 g/mol. The van der Waals surface area contributed by atoms with Crippen LogP contribution in [0.5, 0.6) is 0 Å². The van der Waals surface area contributed by atoms with E-state index in [1.165, 1.54) is 7.11 Å². The van der Waals surface area contributed by atoms with Crippen molar-refractivity contribution in [2.75, 3.05) is 24.3 Å². The standard InChI is InChI=1S/C12H16N2O2/c1-8(12(15)16-2)14-7-6-9-10(13)4-3-5-11(9)14/h3-5,8H,6-7,13H2,1-2H3. The molecule has 0 aliphatic carbocycles. The van der Waals surface area contributed by atoms with Crippen LogP contribution < -0.4 is 10.6 Å². The van der Waals surface area contributed by atoms with E-state index in [9.17, 15) is 4.79 Å². The molecule has 0 saturated carbocycles. The van der Waals surface area contributed by atoms with Gasteiger partial charge in [-0.1, -0.05) is 6.07 Å².